The SMILES string of the molecule is CC(C)(C)OC(=O)N[C@H]1CS(=O)(=O)c2ccc(-c3nnc(C4(CO[Si](C)(C)C(C)(C)C)CCCO4)o3)cc2N(Cc2ccc(-c3noc(C(F)(F)F)n3)cc2)C1=O. The zero-order chi connectivity index (χ0) is 41.8. The third-order valence-electron chi connectivity index (χ3n) is 10.1. The summed E-state index contributed by atoms with van der Waals surface area (Å²) < 4.78 is 95.7. The topological polar surface area (TPSA) is 189 Å². The summed E-state index contributed by atoms with van der Waals surface area (Å²) in [5, 5.41) is 14.4. The number of hydrogen-bond donors (Lipinski definition) is 1. The average Bonchev–Trinajstić information content (AvgIpc) is 3.89. The molecule has 0 saturated carbocycles. The van der Waals surface area contributed by atoms with Gasteiger partial charge in [-0.15, -0.1) is 10.2 Å². The van der Waals surface area contributed by atoms with Crippen molar-refractivity contribution in [2.24, 2.45) is 0 Å². The molecule has 1 unspecified atom stereocenters. The number of anilines is 1. The first-order valence-corrected chi connectivity index (χ1v) is 22.7. The number of sulfone groups is 1. The minimum absolute atomic E-state index is 0.0316. The summed E-state index contributed by atoms with van der Waals surface area (Å²) in [6, 6.07) is 8.60. The van der Waals surface area contributed by atoms with Crippen LogP contribution in [0.1, 0.15) is 71.7 Å². The van der Waals surface area contributed by atoms with Gasteiger partial charge in [0, 0.05) is 17.7 Å². The summed E-state index contributed by atoms with van der Waals surface area (Å²) >= 11 is 0. The molecular weight excluding hydrogens is 790 g/mol. The summed E-state index contributed by atoms with van der Waals surface area (Å²) in [7, 11) is -6.42. The van der Waals surface area contributed by atoms with E-state index in [1.165, 1.54) is 47.4 Å². The van der Waals surface area contributed by atoms with Crippen LogP contribution in [0.2, 0.25) is 18.1 Å². The summed E-state index contributed by atoms with van der Waals surface area (Å²) in [6.45, 7) is 16.0. The van der Waals surface area contributed by atoms with Crippen LogP contribution in [0.4, 0.5) is 23.7 Å². The minimum atomic E-state index is -4.83. The number of carbonyl (C=O) groups excluding carboxylic acids is 2. The lowest BCUT2D eigenvalue weighted by molar-refractivity contribution is -0.159. The van der Waals surface area contributed by atoms with Crippen molar-refractivity contribution in [1.82, 2.24) is 25.7 Å². The number of alkyl carbamates (subject to hydrolysis) is 1. The number of carbonyl (C=O) groups is 2. The molecule has 57 heavy (non-hydrogen) atoms. The molecule has 2 aliphatic heterocycles. The van der Waals surface area contributed by atoms with Crippen molar-refractivity contribution < 1.29 is 54.0 Å². The van der Waals surface area contributed by atoms with Gasteiger partial charge in [0.05, 0.1) is 29.5 Å². The highest BCUT2D eigenvalue weighted by atomic mass is 32.2. The molecule has 1 saturated heterocycles. The third-order valence-corrected chi connectivity index (χ3v) is 16.4. The lowest BCUT2D eigenvalue weighted by atomic mass is 10.0. The Morgan fingerprint density at radius 2 is 1.72 bits per heavy atom. The highest BCUT2D eigenvalue weighted by molar-refractivity contribution is 7.91. The molecule has 4 heterocycles. The molecule has 1 fully saturated rings. The molecule has 0 spiro atoms. The van der Waals surface area contributed by atoms with Crippen LogP contribution < -0.4 is 10.2 Å². The number of amides is 2. The number of alkyl halides is 3. The van der Waals surface area contributed by atoms with Crippen LogP contribution in [0.15, 0.2) is 56.3 Å². The fourth-order valence-electron chi connectivity index (χ4n) is 6.00. The van der Waals surface area contributed by atoms with Crippen molar-refractivity contribution in [2.45, 2.75) is 107 Å². The number of benzene rings is 2. The number of ether oxygens (including phenoxy) is 2. The maximum atomic E-state index is 14.4. The zero-order valence-corrected chi connectivity index (χ0v) is 34.6. The van der Waals surface area contributed by atoms with Gasteiger partial charge < -0.3 is 33.1 Å². The van der Waals surface area contributed by atoms with Crippen molar-refractivity contribution in [3.05, 3.63) is 59.8 Å². The molecule has 1 N–H and O–H groups in total. The van der Waals surface area contributed by atoms with Crippen molar-refractivity contribution in [3.8, 4) is 22.8 Å². The van der Waals surface area contributed by atoms with Gasteiger partial charge in [-0.3, -0.25) is 4.79 Å². The van der Waals surface area contributed by atoms with Crippen LogP contribution in [-0.4, -0.2) is 79.7 Å². The standard InChI is InChI=1S/C37H45F3N6O9SSi/c1-34(2,3)54-33(48)41-25-20-56(49,50)27-15-14-24(29-43-44-31(53-29)36(16-9-17-51-36)21-52-57(7,8)35(4,5)6)18-26(27)46(30(25)47)19-22-10-12-23(13-11-22)28-42-32(55-45-28)37(38,39)40/h10-15,18,25H,9,16-17,19-21H2,1-8H3,(H,41,48)/t25-,36?/m0/s1. The molecule has 6 rings (SSSR count). The lowest BCUT2D eigenvalue weighted by Crippen LogP contribution is -2.51. The minimum Gasteiger partial charge on any atom is -0.444 e. The summed E-state index contributed by atoms with van der Waals surface area (Å²) in [6.07, 6.45) is -4.50. The normalized spacial score (nSPS) is 20.3. The van der Waals surface area contributed by atoms with E-state index in [-0.39, 0.29) is 51.9 Å². The summed E-state index contributed by atoms with van der Waals surface area (Å²) in [5.41, 5.74) is -1.03. The summed E-state index contributed by atoms with van der Waals surface area (Å²) in [4.78, 5) is 31.6. The molecule has 308 valence electrons. The maximum absolute atomic E-state index is 14.4. The van der Waals surface area contributed by atoms with Gasteiger partial charge in [0.2, 0.25) is 11.7 Å². The molecule has 2 amide bonds. The Bertz CT molecular complexity index is 2240. The van der Waals surface area contributed by atoms with Crippen molar-refractivity contribution in [2.75, 3.05) is 23.9 Å². The molecule has 0 aliphatic carbocycles. The second kappa shape index (κ2) is 14.9. The van der Waals surface area contributed by atoms with Gasteiger partial charge in [0.15, 0.2) is 23.8 Å². The Morgan fingerprint density at radius 1 is 1.04 bits per heavy atom. The number of aromatic nitrogens is 4. The van der Waals surface area contributed by atoms with E-state index in [1.54, 1.807) is 20.8 Å². The molecule has 0 radical (unpaired) electrons. The van der Waals surface area contributed by atoms with E-state index in [1.807, 2.05) is 0 Å². The van der Waals surface area contributed by atoms with E-state index in [0.29, 0.717) is 24.2 Å². The first kappa shape index (κ1) is 42.0. The van der Waals surface area contributed by atoms with E-state index in [4.69, 9.17) is 18.3 Å². The van der Waals surface area contributed by atoms with Crippen molar-refractivity contribution in [3.63, 3.8) is 0 Å². The number of nitrogens with one attached hydrogen (secondary N) is 1. The van der Waals surface area contributed by atoms with Crippen molar-refractivity contribution >= 4 is 35.8 Å². The Morgan fingerprint density at radius 3 is 2.32 bits per heavy atom. The Balaban J connectivity index is 1.36. The molecule has 2 aliphatic rings. The number of rotatable bonds is 9. The smallest absolute Gasteiger partial charge is 0.444 e. The number of hydrogen-bond acceptors (Lipinski definition) is 13. The van der Waals surface area contributed by atoms with E-state index < -0.39 is 65.2 Å². The molecule has 2 atom stereocenters. The van der Waals surface area contributed by atoms with Crippen molar-refractivity contribution in [1.29, 1.82) is 0 Å². The highest BCUT2D eigenvalue weighted by Gasteiger charge is 2.47. The molecule has 2 aromatic heterocycles. The van der Waals surface area contributed by atoms with Crippen LogP contribution in [0, 0.1) is 0 Å². The van der Waals surface area contributed by atoms with E-state index in [9.17, 15) is 31.2 Å². The maximum Gasteiger partial charge on any atom is 0.471 e. The first-order chi connectivity index (χ1) is 26.4. The van der Waals surface area contributed by atoms with Gasteiger partial charge in [-0.05, 0) is 75.5 Å². The fraction of sp³-hybridized carbons (Fsp3) is 0.514. The van der Waals surface area contributed by atoms with Gasteiger partial charge in [-0.2, -0.15) is 18.2 Å². The lowest BCUT2D eigenvalue weighted by Gasteiger charge is -2.38. The first-order valence-electron chi connectivity index (χ1n) is 18.2. The van der Waals surface area contributed by atoms with Crippen LogP contribution in [0.3, 0.4) is 0 Å². The molecule has 0 bridgehead atoms. The Labute approximate surface area is 328 Å². The largest absolute Gasteiger partial charge is 0.471 e. The third kappa shape index (κ3) is 9.08. The van der Waals surface area contributed by atoms with Crippen LogP contribution >= 0.6 is 0 Å². The zero-order valence-electron chi connectivity index (χ0n) is 32.8. The second-order valence-electron chi connectivity index (χ2n) is 16.6. The van der Waals surface area contributed by atoms with Gasteiger partial charge >= 0.3 is 18.2 Å². The van der Waals surface area contributed by atoms with Gasteiger partial charge in [-0.25, -0.2) is 13.2 Å². The Kier molecular flexibility index (Phi) is 11.0. The average molecular weight is 835 g/mol. The highest BCUT2D eigenvalue weighted by Crippen LogP contribution is 2.43. The van der Waals surface area contributed by atoms with Crippen LogP contribution in [0.5, 0.6) is 0 Å². The van der Waals surface area contributed by atoms with E-state index in [0.717, 1.165) is 6.42 Å². The number of fused-ring (bicyclic) bond motifs is 1. The predicted octanol–water partition coefficient (Wildman–Crippen LogP) is 7.05. The molecule has 2 aromatic carbocycles. The molecule has 15 nitrogen and oxygen atoms in total. The van der Waals surface area contributed by atoms with Crippen LogP contribution in [0.25, 0.3) is 22.8 Å². The van der Waals surface area contributed by atoms with Crippen LogP contribution in [-0.2, 0) is 46.9 Å². The number of halogens is 3. The van der Waals surface area contributed by atoms with Gasteiger partial charge in [0.25, 0.3) is 11.8 Å². The molecular formula is C37H45F3N6O9SSi. The Hall–Kier alpha value is -4.66. The molecule has 4 aromatic rings. The number of nitrogens with zero attached hydrogens (tertiary/aromatic N) is 5. The monoisotopic (exact) mass is 834 g/mol. The van der Waals surface area contributed by atoms with E-state index >= 15 is 0 Å². The van der Waals surface area contributed by atoms with Gasteiger partial charge in [-0.1, -0.05) is 50.2 Å². The second-order valence-corrected chi connectivity index (χ2v) is 23.4. The van der Waals surface area contributed by atoms with E-state index in [2.05, 4.69) is 64.0 Å². The predicted molar refractivity (Wildman–Crippen MR) is 201 cm³/mol. The quantitative estimate of drug-likeness (QED) is 0.169. The molecule has 20 heteroatoms. The van der Waals surface area contributed by atoms with Gasteiger partial charge in [0.1, 0.15) is 11.6 Å². The fourth-order valence-corrected chi connectivity index (χ4v) is 8.64. The summed E-state index contributed by atoms with van der Waals surface area (Å²) in [5.74, 6) is -3.12.